The van der Waals surface area contributed by atoms with E-state index >= 15 is 0 Å². The number of carbonyl (C=O) groups is 1. The first-order chi connectivity index (χ1) is 9.40. The average molecular weight is 298 g/mol. The maximum absolute atomic E-state index is 12.4. The maximum Gasteiger partial charge on any atom is 0.270 e. The molecule has 7 heteroatoms. The zero-order chi connectivity index (χ0) is 14.9. The summed E-state index contributed by atoms with van der Waals surface area (Å²) < 4.78 is 0. The molecule has 0 aromatic heterocycles. The minimum atomic E-state index is -0.528. The fraction of sp³-hybridized carbons (Fsp3) is 0.462. The summed E-state index contributed by atoms with van der Waals surface area (Å²) in [7, 11) is 3.94. The van der Waals surface area contributed by atoms with Crippen LogP contribution in [0.1, 0.15) is 16.8 Å². The Bertz CT molecular complexity index is 548. The van der Waals surface area contributed by atoms with Gasteiger partial charge in [0.15, 0.2) is 0 Å². The van der Waals surface area contributed by atoms with Gasteiger partial charge < -0.3 is 9.80 Å². The van der Waals surface area contributed by atoms with Crippen LogP contribution >= 0.6 is 11.6 Å². The minimum absolute atomic E-state index is 0.124. The Hall–Kier alpha value is -1.66. The average Bonchev–Trinajstić information content (AvgIpc) is 2.88. The first-order valence-electron chi connectivity index (χ1n) is 6.30. The van der Waals surface area contributed by atoms with Gasteiger partial charge in [0.1, 0.15) is 0 Å². The van der Waals surface area contributed by atoms with Crippen LogP contribution in [0.2, 0.25) is 5.02 Å². The number of amides is 1. The van der Waals surface area contributed by atoms with Gasteiger partial charge in [-0.15, -0.1) is 0 Å². The second kappa shape index (κ2) is 5.76. The molecule has 1 aromatic carbocycles. The highest BCUT2D eigenvalue weighted by atomic mass is 35.5. The van der Waals surface area contributed by atoms with Crippen LogP contribution in [-0.4, -0.2) is 53.9 Å². The van der Waals surface area contributed by atoms with E-state index in [0.717, 1.165) is 6.42 Å². The zero-order valence-corrected chi connectivity index (χ0v) is 12.1. The molecular formula is C13H16ClN3O3. The summed E-state index contributed by atoms with van der Waals surface area (Å²) in [4.78, 5) is 26.4. The number of hydrogen-bond acceptors (Lipinski definition) is 4. The summed E-state index contributed by atoms with van der Waals surface area (Å²) in [5.74, 6) is -0.247. The van der Waals surface area contributed by atoms with Crippen molar-refractivity contribution < 1.29 is 9.72 Å². The van der Waals surface area contributed by atoms with E-state index in [-0.39, 0.29) is 22.2 Å². The number of halogens is 1. The number of nitro benzene ring substituents is 1. The van der Waals surface area contributed by atoms with Crippen molar-refractivity contribution in [3.8, 4) is 0 Å². The van der Waals surface area contributed by atoms with Gasteiger partial charge in [0.2, 0.25) is 0 Å². The molecule has 1 heterocycles. The molecule has 1 aromatic rings. The van der Waals surface area contributed by atoms with Crippen LogP contribution in [0.25, 0.3) is 0 Å². The molecule has 0 bridgehead atoms. The highest BCUT2D eigenvalue weighted by Gasteiger charge is 2.29. The first-order valence-corrected chi connectivity index (χ1v) is 6.67. The fourth-order valence-electron chi connectivity index (χ4n) is 2.31. The first kappa shape index (κ1) is 14.7. The van der Waals surface area contributed by atoms with Crippen LogP contribution in [0.5, 0.6) is 0 Å². The summed E-state index contributed by atoms with van der Waals surface area (Å²) in [5.41, 5.74) is 0.0707. The maximum atomic E-state index is 12.4. The molecule has 1 amide bonds. The van der Waals surface area contributed by atoms with Crippen molar-refractivity contribution in [1.82, 2.24) is 9.80 Å². The molecule has 20 heavy (non-hydrogen) atoms. The van der Waals surface area contributed by atoms with E-state index in [1.54, 1.807) is 4.90 Å². The number of benzene rings is 1. The number of hydrogen-bond donors (Lipinski definition) is 0. The van der Waals surface area contributed by atoms with E-state index in [4.69, 9.17) is 11.6 Å². The molecule has 1 fully saturated rings. The molecule has 2 rings (SSSR count). The second-order valence-electron chi connectivity index (χ2n) is 5.08. The van der Waals surface area contributed by atoms with Crippen LogP contribution in [0, 0.1) is 10.1 Å². The molecule has 108 valence electrons. The van der Waals surface area contributed by atoms with Gasteiger partial charge >= 0.3 is 0 Å². The molecule has 0 aliphatic carbocycles. The molecule has 6 nitrogen and oxygen atoms in total. The Labute approximate surface area is 122 Å². The Morgan fingerprint density at radius 3 is 2.75 bits per heavy atom. The van der Waals surface area contributed by atoms with Gasteiger partial charge in [-0.1, -0.05) is 11.6 Å². The van der Waals surface area contributed by atoms with Crippen LogP contribution in [-0.2, 0) is 0 Å². The van der Waals surface area contributed by atoms with Crippen molar-refractivity contribution in [2.45, 2.75) is 12.5 Å². The molecule has 0 N–H and O–H groups in total. The topological polar surface area (TPSA) is 66.7 Å². The molecule has 1 aliphatic heterocycles. The van der Waals surface area contributed by atoms with Crippen molar-refractivity contribution in [2.75, 3.05) is 27.2 Å². The molecule has 1 unspecified atom stereocenters. The Kier molecular flexibility index (Phi) is 4.25. The van der Waals surface area contributed by atoms with Gasteiger partial charge in [-0.3, -0.25) is 14.9 Å². The Morgan fingerprint density at radius 2 is 2.20 bits per heavy atom. The van der Waals surface area contributed by atoms with E-state index in [0.29, 0.717) is 19.1 Å². The van der Waals surface area contributed by atoms with Gasteiger partial charge in [-0.25, -0.2) is 0 Å². The summed E-state index contributed by atoms with van der Waals surface area (Å²) >= 11 is 5.99. The SMILES string of the molecule is CN(C)C1CCN(C(=O)c2cc([N+](=O)[O-])ccc2Cl)C1. The van der Waals surface area contributed by atoms with E-state index in [1.165, 1.54) is 18.2 Å². The van der Waals surface area contributed by atoms with Crippen molar-refractivity contribution in [2.24, 2.45) is 0 Å². The fourth-order valence-corrected chi connectivity index (χ4v) is 2.51. The van der Waals surface area contributed by atoms with E-state index in [2.05, 4.69) is 4.90 Å². The van der Waals surface area contributed by atoms with Crippen LogP contribution in [0.3, 0.4) is 0 Å². The lowest BCUT2D eigenvalue weighted by Gasteiger charge is -2.20. The number of nitro groups is 1. The van der Waals surface area contributed by atoms with Crippen molar-refractivity contribution in [3.05, 3.63) is 38.9 Å². The molecule has 0 spiro atoms. The third-order valence-electron chi connectivity index (χ3n) is 3.57. The van der Waals surface area contributed by atoms with E-state index in [9.17, 15) is 14.9 Å². The Balaban J connectivity index is 2.21. The number of nitrogens with zero attached hydrogens (tertiary/aromatic N) is 3. The highest BCUT2D eigenvalue weighted by Crippen LogP contribution is 2.25. The van der Waals surface area contributed by atoms with Gasteiger partial charge in [0.05, 0.1) is 15.5 Å². The lowest BCUT2D eigenvalue weighted by molar-refractivity contribution is -0.384. The number of rotatable bonds is 3. The molecule has 0 saturated carbocycles. The quantitative estimate of drug-likeness (QED) is 0.632. The third-order valence-corrected chi connectivity index (χ3v) is 3.90. The summed E-state index contributed by atoms with van der Waals surface area (Å²) in [6.45, 7) is 1.26. The minimum Gasteiger partial charge on any atom is -0.337 e. The smallest absolute Gasteiger partial charge is 0.270 e. The van der Waals surface area contributed by atoms with Gasteiger partial charge in [0, 0.05) is 31.3 Å². The van der Waals surface area contributed by atoms with Crippen molar-refractivity contribution in [3.63, 3.8) is 0 Å². The standard InChI is InChI=1S/C13H16ClN3O3/c1-15(2)10-5-6-16(8-10)13(18)11-7-9(17(19)20)3-4-12(11)14/h3-4,7,10H,5-6,8H2,1-2H3. The predicted octanol–water partition coefficient (Wildman–Crippen LogP) is 2.02. The summed E-state index contributed by atoms with van der Waals surface area (Å²) in [6, 6.07) is 4.25. The molecule has 1 aliphatic rings. The van der Waals surface area contributed by atoms with Gasteiger partial charge in [0.25, 0.3) is 11.6 Å². The number of carbonyl (C=O) groups excluding carboxylic acids is 1. The van der Waals surface area contributed by atoms with Crippen LogP contribution < -0.4 is 0 Å². The monoisotopic (exact) mass is 297 g/mol. The van der Waals surface area contributed by atoms with E-state index in [1.807, 2.05) is 14.1 Å². The van der Waals surface area contributed by atoms with Crippen LogP contribution in [0.4, 0.5) is 5.69 Å². The van der Waals surface area contributed by atoms with Gasteiger partial charge in [-0.05, 0) is 26.6 Å². The second-order valence-corrected chi connectivity index (χ2v) is 5.49. The largest absolute Gasteiger partial charge is 0.337 e. The third kappa shape index (κ3) is 2.91. The number of likely N-dealkylation sites (N-methyl/N-ethyl adjacent to an activating group) is 1. The van der Waals surface area contributed by atoms with Crippen molar-refractivity contribution >= 4 is 23.2 Å². The predicted molar refractivity (Wildman–Crippen MR) is 76.1 cm³/mol. The van der Waals surface area contributed by atoms with E-state index < -0.39 is 4.92 Å². The normalized spacial score (nSPS) is 18.6. The molecule has 1 saturated heterocycles. The lowest BCUT2D eigenvalue weighted by Crippen LogP contribution is -2.34. The summed E-state index contributed by atoms with van der Waals surface area (Å²) in [6.07, 6.45) is 0.894. The van der Waals surface area contributed by atoms with Gasteiger partial charge in [-0.2, -0.15) is 0 Å². The lowest BCUT2D eigenvalue weighted by atomic mass is 10.1. The Morgan fingerprint density at radius 1 is 1.50 bits per heavy atom. The summed E-state index contributed by atoms with van der Waals surface area (Å²) in [5, 5.41) is 11.0. The zero-order valence-electron chi connectivity index (χ0n) is 11.4. The van der Waals surface area contributed by atoms with Crippen molar-refractivity contribution in [1.29, 1.82) is 0 Å². The molecular weight excluding hydrogens is 282 g/mol. The number of likely N-dealkylation sites (tertiary alicyclic amines) is 1. The number of non-ortho nitro benzene ring substituents is 1. The molecule has 0 radical (unpaired) electrons. The van der Waals surface area contributed by atoms with Crippen LogP contribution in [0.15, 0.2) is 18.2 Å². The highest BCUT2D eigenvalue weighted by molar-refractivity contribution is 6.33. The molecule has 1 atom stereocenters.